The third-order valence-electron chi connectivity index (χ3n) is 2.43. The number of rotatable bonds is 3. The van der Waals surface area contributed by atoms with Crippen molar-refractivity contribution in [2.45, 2.75) is 6.04 Å². The number of halogens is 3. The van der Waals surface area contributed by atoms with Crippen LogP contribution in [0.2, 0.25) is 0 Å². The van der Waals surface area contributed by atoms with Crippen molar-refractivity contribution in [1.82, 2.24) is 0 Å². The van der Waals surface area contributed by atoms with Crippen molar-refractivity contribution in [3.8, 4) is 0 Å². The molecule has 1 aromatic heterocycles. The molecule has 0 fully saturated rings. The molecule has 0 aliphatic carbocycles. The number of hydrogen-bond donors (Lipinski definition) is 2. The molecule has 0 aliphatic rings. The van der Waals surface area contributed by atoms with Gasteiger partial charge in [-0.05, 0) is 23.6 Å². The molecule has 0 saturated heterocycles. The fourth-order valence-corrected chi connectivity index (χ4v) is 2.16. The minimum Gasteiger partial charge on any atom is -0.322 e. The SMILES string of the molecule is NC(C(=O)Nc1ccc(F)c(F)c1F)c1cccs1. The van der Waals surface area contributed by atoms with Gasteiger partial charge in [-0.25, -0.2) is 13.2 Å². The van der Waals surface area contributed by atoms with E-state index in [0.29, 0.717) is 4.88 Å². The lowest BCUT2D eigenvalue weighted by Gasteiger charge is -2.11. The predicted octanol–water partition coefficient (Wildman–Crippen LogP) is 2.80. The molecule has 1 amide bonds. The van der Waals surface area contributed by atoms with Crippen molar-refractivity contribution in [3.63, 3.8) is 0 Å². The lowest BCUT2D eigenvalue weighted by Crippen LogP contribution is -2.27. The second-order valence-electron chi connectivity index (χ2n) is 3.71. The molecule has 0 spiro atoms. The third kappa shape index (κ3) is 2.77. The average Bonchev–Trinajstić information content (AvgIpc) is 2.92. The van der Waals surface area contributed by atoms with E-state index >= 15 is 0 Å². The standard InChI is InChI=1S/C12H9F3N2OS/c13-6-3-4-7(10(15)9(6)14)17-12(18)11(16)8-2-1-5-19-8/h1-5,11H,16H2,(H,17,18). The van der Waals surface area contributed by atoms with E-state index < -0.39 is 35.1 Å². The molecule has 2 rings (SSSR count). The van der Waals surface area contributed by atoms with Gasteiger partial charge < -0.3 is 11.1 Å². The summed E-state index contributed by atoms with van der Waals surface area (Å²) < 4.78 is 39.1. The Balaban J connectivity index is 2.18. The lowest BCUT2D eigenvalue weighted by molar-refractivity contribution is -0.117. The quantitative estimate of drug-likeness (QED) is 0.852. The van der Waals surface area contributed by atoms with Gasteiger partial charge in [-0.2, -0.15) is 0 Å². The van der Waals surface area contributed by atoms with Crippen LogP contribution in [0.4, 0.5) is 18.9 Å². The predicted molar refractivity (Wildman–Crippen MR) is 66.2 cm³/mol. The zero-order valence-electron chi connectivity index (χ0n) is 9.49. The Hall–Kier alpha value is -1.86. The van der Waals surface area contributed by atoms with Gasteiger partial charge in [0.2, 0.25) is 5.91 Å². The summed E-state index contributed by atoms with van der Waals surface area (Å²) in [5.74, 6) is -5.11. The highest BCUT2D eigenvalue weighted by molar-refractivity contribution is 7.10. The summed E-state index contributed by atoms with van der Waals surface area (Å²) in [7, 11) is 0. The molecule has 0 bridgehead atoms. The minimum atomic E-state index is -1.64. The minimum absolute atomic E-state index is 0.448. The number of amides is 1. The fraction of sp³-hybridized carbons (Fsp3) is 0.0833. The number of hydrogen-bond acceptors (Lipinski definition) is 3. The van der Waals surface area contributed by atoms with E-state index in [1.807, 2.05) is 0 Å². The first-order valence-electron chi connectivity index (χ1n) is 5.24. The van der Waals surface area contributed by atoms with Crippen molar-refractivity contribution in [3.05, 3.63) is 52.0 Å². The molecule has 3 nitrogen and oxygen atoms in total. The summed E-state index contributed by atoms with van der Waals surface area (Å²) in [6.07, 6.45) is 0. The molecular weight excluding hydrogens is 277 g/mol. The van der Waals surface area contributed by atoms with Crippen LogP contribution in [0, 0.1) is 17.5 Å². The van der Waals surface area contributed by atoms with Crippen molar-refractivity contribution in [1.29, 1.82) is 0 Å². The van der Waals surface area contributed by atoms with Crippen LogP contribution in [-0.4, -0.2) is 5.91 Å². The van der Waals surface area contributed by atoms with Gasteiger partial charge in [-0.1, -0.05) is 6.07 Å². The summed E-state index contributed by atoms with van der Waals surface area (Å²) in [6, 6.07) is 4.03. The Morgan fingerprint density at radius 1 is 1.21 bits per heavy atom. The zero-order valence-corrected chi connectivity index (χ0v) is 10.3. The zero-order chi connectivity index (χ0) is 14.0. The number of nitrogens with one attached hydrogen (secondary N) is 1. The van der Waals surface area contributed by atoms with Gasteiger partial charge in [-0.15, -0.1) is 11.3 Å². The maximum atomic E-state index is 13.4. The summed E-state index contributed by atoms with van der Waals surface area (Å²) in [4.78, 5) is 12.3. The molecule has 19 heavy (non-hydrogen) atoms. The number of carbonyl (C=O) groups is 1. The van der Waals surface area contributed by atoms with Crippen molar-refractivity contribution in [2.75, 3.05) is 5.32 Å². The molecule has 1 atom stereocenters. The van der Waals surface area contributed by atoms with Crippen LogP contribution < -0.4 is 11.1 Å². The Bertz CT molecular complexity index is 601. The fourth-order valence-electron chi connectivity index (χ4n) is 1.43. The average molecular weight is 286 g/mol. The summed E-state index contributed by atoms with van der Waals surface area (Å²) in [5, 5.41) is 3.86. The third-order valence-corrected chi connectivity index (χ3v) is 3.38. The van der Waals surface area contributed by atoms with E-state index in [9.17, 15) is 18.0 Å². The molecule has 0 aliphatic heterocycles. The Morgan fingerprint density at radius 3 is 2.58 bits per heavy atom. The van der Waals surface area contributed by atoms with E-state index in [1.54, 1.807) is 17.5 Å². The van der Waals surface area contributed by atoms with E-state index in [0.717, 1.165) is 12.1 Å². The van der Waals surface area contributed by atoms with Gasteiger partial charge in [-0.3, -0.25) is 4.79 Å². The first-order valence-corrected chi connectivity index (χ1v) is 6.12. The molecular formula is C12H9F3N2OS. The van der Waals surface area contributed by atoms with Gasteiger partial charge >= 0.3 is 0 Å². The second-order valence-corrected chi connectivity index (χ2v) is 4.68. The molecule has 2 aromatic rings. The number of carbonyl (C=O) groups excluding carboxylic acids is 1. The maximum absolute atomic E-state index is 13.4. The molecule has 3 N–H and O–H groups in total. The molecule has 7 heteroatoms. The molecule has 0 saturated carbocycles. The number of anilines is 1. The van der Waals surface area contributed by atoms with E-state index in [2.05, 4.69) is 5.32 Å². The van der Waals surface area contributed by atoms with Crippen LogP contribution in [0.5, 0.6) is 0 Å². The maximum Gasteiger partial charge on any atom is 0.246 e. The van der Waals surface area contributed by atoms with Crippen LogP contribution in [-0.2, 0) is 4.79 Å². The smallest absolute Gasteiger partial charge is 0.246 e. The van der Waals surface area contributed by atoms with Gasteiger partial charge in [0.1, 0.15) is 6.04 Å². The summed E-state index contributed by atoms with van der Waals surface area (Å²) in [5.41, 5.74) is 5.21. The number of benzene rings is 1. The van der Waals surface area contributed by atoms with E-state index in [-0.39, 0.29) is 0 Å². The van der Waals surface area contributed by atoms with Crippen molar-refractivity contribution >= 4 is 22.9 Å². The number of thiophene rings is 1. The Kier molecular flexibility index (Phi) is 3.87. The highest BCUT2D eigenvalue weighted by Crippen LogP contribution is 2.22. The molecule has 1 heterocycles. The van der Waals surface area contributed by atoms with E-state index in [4.69, 9.17) is 5.73 Å². The first-order chi connectivity index (χ1) is 9.00. The van der Waals surface area contributed by atoms with Gasteiger partial charge in [0.15, 0.2) is 17.5 Å². The first kappa shape index (κ1) is 13.6. The normalized spacial score (nSPS) is 12.2. The topological polar surface area (TPSA) is 55.1 Å². The van der Waals surface area contributed by atoms with Crippen LogP contribution in [0.1, 0.15) is 10.9 Å². The molecule has 1 unspecified atom stereocenters. The lowest BCUT2D eigenvalue weighted by atomic mass is 10.2. The van der Waals surface area contributed by atoms with Crippen LogP contribution in [0.25, 0.3) is 0 Å². The Morgan fingerprint density at radius 2 is 1.95 bits per heavy atom. The van der Waals surface area contributed by atoms with Gasteiger partial charge in [0, 0.05) is 4.88 Å². The number of nitrogens with two attached hydrogens (primary N) is 1. The summed E-state index contributed by atoms with van der Waals surface area (Å²) >= 11 is 1.27. The van der Waals surface area contributed by atoms with Gasteiger partial charge in [0.05, 0.1) is 5.69 Å². The largest absolute Gasteiger partial charge is 0.322 e. The molecule has 100 valence electrons. The molecule has 1 aromatic carbocycles. The van der Waals surface area contributed by atoms with Crippen LogP contribution in [0.15, 0.2) is 29.6 Å². The summed E-state index contributed by atoms with van der Waals surface area (Å²) in [6.45, 7) is 0. The van der Waals surface area contributed by atoms with E-state index in [1.165, 1.54) is 11.3 Å². The highest BCUT2D eigenvalue weighted by atomic mass is 32.1. The monoisotopic (exact) mass is 286 g/mol. The van der Waals surface area contributed by atoms with Crippen LogP contribution >= 0.6 is 11.3 Å². The highest BCUT2D eigenvalue weighted by Gasteiger charge is 2.20. The Labute approximate surface area is 110 Å². The van der Waals surface area contributed by atoms with Crippen molar-refractivity contribution < 1.29 is 18.0 Å². The van der Waals surface area contributed by atoms with Gasteiger partial charge in [0.25, 0.3) is 0 Å². The van der Waals surface area contributed by atoms with Crippen LogP contribution in [0.3, 0.4) is 0 Å². The molecule has 0 radical (unpaired) electrons. The van der Waals surface area contributed by atoms with Crippen molar-refractivity contribution in [2.24, 2.45) is 5.73 Å². The second kappa shape index (κ2) is 5.41.